The van der Waals surface area contributed by atoms with Crippen LogP contribution in [0.2, 0.25) is 0 Å². The molecule has 2 aromatic heterocycles. The van der Waals surface area contributed by atoms with Gasteiger partial charge in [0.1, 0.15) is 12.4 Å². The molecule has 2 aromatic carbocycles. The smallest absolute Gasteiger partial charge is 0.273 e. The molecule has 2 fully saturated rings. The van der Waals surface area contributed by atoms with E-state index in [9.17, 15) is 33.6 Å². The predicted molar refractivity (Wildman–Crippen MR) is 206 cm³/mol. The van der Waals surface area contributed by atoms with Crippen molar-refractivity contribution in [3.63, 3.8) is 0 Å². The molecule has 20 nitrogen and oxygen atoms in total. The van der Waals surface area contributed by atoms with Gasteiger partial charge in [0, 0.05) is 50.7 Å². The maximum Gasteiger partial charge on any atom is 0.273 e. The molecule has 3 aliphatic rings. The Labute approximate surface area is 330 Å². The molecule has 1 aliphatic carbocycles. The maximum absolute atomic E-state index is 13.1. The second-order valence-corrected chi connectivity index (χ2v) is 13.8. The van der Waals surface area contributed by atoms with Gasteiger partial charge in [-0.15, -0.1) is 10.2 Å². The number of rotatable bonds is 16. The minimum absolute atomic E-state index is 0.0113. The highest BCUT2D eigenvalue weighted by Gasteiger charge is 2.44. The number of ether oxygens (including phenoxy) is 1. The Morgan fingerprint density at radius 3 is 2.50 bits per heavy atom. The number of piperidine rings is 1. The van der Waals surface area contributed by atoms with Gasteiger partial charge in [-0.1, -0.05) is 6.07 Å². The van der Waals surface area contributed by atoms with Gasteiger partial charge in [-0.3, -0.25) is 48.5 Å². The van der Waals surface area contributed by atoms with Crippen LogP contribution in [0.3, 0.4) is 0 Å². The number of aromatic nitrogens is 5. The number of carbonyl (C=O) groups excluding carboxylic acids is 7. The van der Waals surface area contributed by atoms with Gasteiger partial charge >= 0.3 is 0 Å². The largest absolute Gasteiger partial charge is 0.494 e. The highest BCUT2D eigenvalue weighted by atomic mass is 16.5. The van der Waals surface area contributed by atoms with Crippen LogP contribution in [0.4, 0.5) is 22.9 Å². The number of hydrogen-bond donors (Lipinski definition) is 6. The quantitative estimate of drug-likeness (QED) is 0.0696. The number of amides is 7. The van der Waals surface area contributed by atoms with Gasteiger partial charge in [0.15, 0.2) is 23.1 Å². The lowest BCUT2D eigenvalue weighted by Gasteiger charge is -2.27. The third kappa shape index (κ3) is 8.44. The fourth-order valence-corrected chi connectivity index (χ4v) is 6.57. The molecule has 6 N–H and O–H groups in total. The van der Waals surface area contributed by atoms with Crippen molar-refractivity contribution in [1.82, 2.24) is 45.8 Å². The monoisotopic (exact) mass is 792 g/mol. The van der Waals surface area contributed by atoms with E-state index in [0.717, 1.165) is 17.7 Å². The zero-order valence-electron chi connectivity index (χ0n) is 31.6. The van der Waals surface area contributed by atoms with Crippen LogP contribution in [-0.2, 0) is 25.7 Å². The number of benzene rings is 2. The van der Waals surface area contributed by atoms with Gasteiger partial charge in [0.25, 0.3) is 17.7 Å². The first-order valence-electron chi connectivity index (χ1n) is 18.6. The molecule has 1 unspecified atom stereocenters. The molecular weight excluding hydrogens is 752 g/mol. The van der Waals surface area contributed by atoms with Crippen molar-refractivity contribution in [2.45, 2.75) is 51.1 Å². The number of nitrogens with zero attached hydrogens (tertiary/aromatic N) is 6. The summed E-state index contributed by atoms with van der Waals surface area (Å²) < 4.78 is 7.34. The molecule has 2 aliphatic heterocycles. The molecule has 1 saturated heterocycles. The Hall–Kier alpha value is -7.25. The van der Waals surface area contributed by atoms with Crippen molar-refractivity contribution in [3.8, 4) is 17.1 Å². The van der Waals surface area contributed by atoms with Crippen molar-refractivity contribution < 1.29 is 38.3 Å². The lowest BCUT2D eigenvalue weighted by atomic mass is 10.0. The Balaban J connectivity index is 0.897. The van der Waals surface area contributed by atoms with Crippen molar-refractivity contribution in [2.24, 2.45) is 5.92 Å². The van der Waals surface area contributed by atoms with Crippen LogP contribution >= 0.6 is 0 Å². The SMILES string of the molecule is CNC(=O)c1nnc(NC(=O)C2CC2)cc1Nc1cccc(-c2ncn(CCNC(=O)CCCNc3ccc4c(c3)C(=O)N(C3CCC(=O)NC3=O)C4=O)n2)c1OC. The summed E-state index contributed by atoms with van der Waals surface area (Å²) in [6.07, 6.45) is 3.99. The minimum Gasteiger partial charge on any atom is -0.494 e. The molecule has 58 heavy (non-hydrogen) atoms. The number of anilines is 4. The first-order chi connectivity index (χ1) is 28.0. The molecule has 300 valence electrons. The minimum atomic E-state index is -1.04. The summed E-state index contributed by atoms with van der Waals surface area (Å²) in [6.45, 7) is 1.04. The van der Waals surface area contributed by atoms with Crippen molar-refractivity contribution in [1.29, 1.82) is 0 Å². The van der Waals surface area contributed by atoms with E-state index in [2.05, 4.69) is 52.2 Å². The molecule has 1 atom stereocenters. The third-order valence-electron chi connectivity index (χ3n) is 9.71. The van der Waals surface area contributed by atoms with Gasteiger partial charge in [-0.05, 0) is 56.0 Å². The first-order valence-corrected chi connectivity index (χ1v) is 18.6. The van der Waals surface area contributed by atoms with Gasteiger partial charge in [0.2, 0.25) is 23.6 Å². The normalized spacial score (nSPS) is 16.0. The van der Waals surface area contributed by atoms with Crippen molar-refractivity contribution in [3.05, 3.63) is 65.6 Å². The highest BCUT2D eigenvalue weighted by molar-refractivity contribution is 6.23. The topological polar surface area (TPSA) is 261 Å². The molecule has 4 aromatic rings. The number of imide groups is 2. The third-order valence-corrected chi connectivity index (χ3v) is 9.71. The van der Waals surface area contributed by atoms with Crippen LogP contribution in [0.15, 0.2) is 48.8 Å². The Morgan fingerprint density at radius 1 is 0.931 bits per heavy atom. The Bertz CT molecular complexity index is 2320. The van der Waals surface area contributed by atoms with E-state index >= 15 is 0 Å². The average molecular weight is 793 g/mol. The van der Waals surface area contributed by atoms with Crippen LogP contribution in [0, 0.1) is 5.92 Å². The lowest BCUT2D eigenvalue weighted by molar-refractivity contribution is -0.136. The average Bonchev–Trinajstić information content (AvgIpc) is 3.92. The molecule has 20 heteroatoms. The Morgan fingerprint density at radius 2 is 1.74 bits per heavy atom. The maximum atomic E-state index is 13.1. The molecule has 7 rings (SSSR count). The van der Waals surface area contributed by atoms with Crippen molar-refractivity contribution in [2.75, 3.05) is 43.2 Å². The summed E-state index contributed by atoms with van der Waals surface area (Å²) in [7, 11) is 2.97. The van der Waals surface area contributed by atoms with E-state index < -0.39 is 35.6 Å². The predicted octanol–water partition coefficient (Wildman–Crippen LogP) is 1.61. The second-order valence-electron chi connectivity index (χ2n) is 13.8. The van der Waals surface area contributed by atoms with E-state index in [1.54, 1.807) is 35.0 Å². The van der Waals surface area contributed by atoms with E-state index in [1.807, 2.05) is 0 Å². The summed E-state index contributed by atoms with van der Waals surface area (Å²) in [4.78, 5) is 92.8. The number of nitrogens with one attached hydrogen (secondary N) is 6. The van der Waals surface area contributed by atoms with E-state index in [-0.39, 0.29) is 66.2 Å². The molecule has 4 heterocycles. The summed E-state index contributed by atoms with van der Waals surface area (Å²) in [6, 6.07) is 10.5. The molecule has 7 amide bonds. The fourth-order valence-electron chi connectivity index (χ4n) is 6.57. The van der Waals surface area contributed by atoms with E-state index in [1.165, 1.54) is 32.6 Å². The van der Waals surface area contributed by atoms with Gasteiger partial charge in [-0.25, -0.2) is 4.98 Å². The summed E-state index contributed by atoms with van der Waals surface area (Å²) in [5.74, 6) is -2.19. The second kappa shape index (κ2) is 16.9. The highest BCUT2D eigenvalue weighted by Crippen LogP contribution is 2.37. The zero-order valence-corrected chi connectivity index (χ0v) is 31.6. The summed E-state index contributed by atoms with van der Waals surface area (Å²) in [5, 5.41) is 29.3. The van der Waals surface area contributed by atoms with Crippen molar-refractivity contribution >= 4 is 64.2 Å². The summed E-state index contributed by atoms with van der Waals surface area (Å²) >= 11 is 0. The van der Waals surface area contributed by atoms with Crippen LogP contribution in [0.5, 0.6) is 5.75 Å². The van der Waals surface area contributed by atoms with Crippen LogP contribution in [0.25, 0.3) is 11.4 Å². The van der Waals surface area contributed by atoms with Crippen LogP contribution < -0.4 is 36.6 Å². The lowest BCUT2D eigenvalue weighted by Crippen LogP contribution is -2.54. The number of fused-ring (bicyclic) bond motifs is 1. The molecular formula is C38H40N12O8. The number of hydrogen-bond acceptors (Lipinski definition) is 14. The molecule has 0 radical (unpaired) electrons. The fraction of sp³-hybridized carbons (Fsp3) is 0.342. The molecule has 0 bridgehead atoms. The number of carbonyl (C=O) groups is 7. The first kappa shape index (κ1) is 39.0. The summed E-state index contributed by atoms with van der Waals surface area (Å²) in [5.41, 5.74) is 2.27. The molecule has 1 saturated carbocycles. The van der Waals surface area contributed by atoms with Gasteiger partial charge < -0.3 is 31.3 Å². The van der Waals surface area contributed by atoms with Crippen LogP contribution in [-0.4, -0.2) is 105 Å². The van der Waals surface area contributed by atoms with E-state index in [4.69, 9.17) is 4.74 Å². The van der Waals surface area contributed by atoms with Gasteiger partial charge in [-0.2, -0.15) is 5.10 Å². The number of para-hydroxylation sites is 1. The van der Waals surface area contributed by atoms with Gasteiger partial charge in [0.05, 0.1) is 41.7 Å². The van der Waals surface area contributed by atoms with Crippen LogP contribution in [0.1, 0.15) is 69.7 Å². The molecule has 0 spiro atoms. The number of methoxy groups -OCH3 is 1. The Kier molecular flexibility index (Phi) is 11.3. The standard InChI is InChI=1S/C38H40N12O8/c1-39-36(55)31-26(18-28(46-47-31)44-34(53)20-8-9-20)43-25-6-3-5-23(32(25)58-2)33-42-19-49(48-33)16-15-41-29(51)7-4-14-40-21-10-11-22-24(17-21)38(57)50(37(22)56)27-12-13-30(52)45-35(27)54/h3,5-6,10-11,17-20,27,40H,4,7-9,12-16H2,1-2H3,(H,39,55)(H,41,51)(H,45,52,54)(H2,43,44,46,53). The van der Waals surface area contributed by atoms with E-state index in [0.29, 0.717) is 53.7 Å². The zero-order chi connectivity index (χ0) is 40.9.